The van der Waals surface area contributed by atoms with Crippen LogP contribution in [0.2, 0.25) is 0 Å². The Balaban J connectivity index is 1.63. The van der Waals surface area contributed by atoms with E-state index >= 15 is 0 Å². The van der Waals surface area contributed by atoms with Gasteiger partial charge in [0, 0.05) is 12.2 Å². The molecular weight excluding hydrogens is 266 g/mol. The van der Waals surface area contributed by atoms with Crippen LogP contribution in [0.4, 0.5) is 0 Å². The monoisotopic (exact) mass is 285 g/mol. The molecule has 6 heteroatoms. The molecular formula is C15H19N5O. The lowest BCUT2D eigenvalue weighted by atomic mass is 9.99. The van der Waals surface area contributed by atoms with Gasteiger partial charge in [-0.1, -0.05) is 18.2 Å². The number of amides is 1. The molecule has 110 valence electrons. The molecule has 1 unspecified atom stereocenters. The van der Waals surface area contributed by atoms with Crippen LogP contribution < -0.4 is 10.6 Å². The van der Waals surface area contributed by atoms with Gasteiger partial charge >= 0.3 is 0 Å². The number of carbonyl (C=O) groups is 1. The Hall–Kier alpha value is -2.21. The Morgan fingerprint density at radius 3 is 3.00 bits per heavy atom. The van der Waals surface area contributed by atoms with E-state index in [2.05, 4.69) is 20.8 Å². The van der Waals surface area contributed by atoms with Crippen molar-refractivity contribution in [2.75, 3.05) is 13.1 Å². The van der Waals surface area contributed by atoms with Crippen molar-refractivity contribution in [3.63, 3.8) is 0 Å². The number of aromatic nitrogens is 3. The van der Waals surface area contributed by atoms with Crippen LogP contribution in [-0.2, 0) is 11.3 Å². The van der Waals surface area contributed by atoms with E-state index in [0.717, 1.165) is 37.4 Å². The van der Waals surface area contributed by atoms with E-state index in [4.69, 9.17) is 0 Å². The van der Waals surface area contributed by atoms with E-state index in [1.165, 1.54) is 0 Å². The van der Waals surface area contributed by atoms with Crippen LogP contribution >= 0.6 is 0 Å². The quantitative estimate of drug-likeness (QED) is 0.875. The number of benzene rings is 1. The van der Waals surface area contributed by atoms with Crippen LogP contribution in [0.25, 0.3) is 5.69 Å². The summed E-state index contributed by atoms with van der Waals surface area (Å²) in [7, 11) is 0. The van der Waals surface area contributed by atoms with Gasteiger partial charge in [0.1, 0.15) is 6.33 Å². The normalized spacial score (nSPS) is 18.4. The number of hydrogen-bond acceptors (Lipinski definition) is 4. The molecule has 2 N–H and O–H groups in total. The van der Waals surface area contributed by atoms with Gasteiger partial charge in [-0.2, -0.15) is 0 Å². The Labute approximate surface area is 123 Å². The lowest BCUT2D eigenvalue weighted by Crippen LogP contribution is -2.40. The first-order valence-electron chi connectivity index (χ1n) is 7.27. The molecule has 1 aromatic carbocycles. The fourth-order valence-electron chi connectivity index (χ4n) is 2.57. The zero-order valence-electron chi connectivity index (χ0n) is 11.8. The molecule has 6 nitrogen and oxygen atoms in total. The van der Waals surface area contributed by atoms with Gasteiger partial charge in [0.25, 0.3) is 0 Å². The van der Waals surface area contributed by atoms with Crippen molar-refractivity contribution in [3.8, 4) is 5.69 Å². The van der Waals surface area contributed by atoms with E-state index in [9.17, 15) is 4.79 Å². The number of carbonyl (C=O) groups excluding carboxylic acids is 1. The Morgan fingerprint density at radius 2 is 2.24 bits per heavy atom. The van der Waals surface area contributed by atoms with Gasteiger partial charge in [-0.25, -0.2) is 0 Å². The molecule has 1 aliphatic heterocycles. The van der Waals surface area contributed by atoms with Gasteiger partial charge in [0.05, 0.1) is 12.5 Å². The second-order valence-corrected chi connectivity index (χ2v) is 5.21. The topological polar surface area (TPSA) is 71.8 Å². The zero-order chi connectivity index (χ0) is 14.5. The van der Waals surface area contributed by atoms with Crippen LogP contribution in [-0.4, -0.2) is 33.8 Å². The standard InChI is InChI=1S/C15H19N5O/c21-15(12-5-4-8-16-9-12)17-10-14-19-18-11-20(14)13-6-2-1-3-7-13/h1-3,6-7,11-12,16H,4-5,8-10H2,(H,17,21). The summed E-state index contributed by atoms with van der Waals surface area (Å²) in [5.74, 6) is 0.884. The van der Waals surface area contributed by atoms with E-state index < -0.39 is 0 Å². The summed E-state index contributed by atoms with van der Waals surface area (Å²) in [6.45, 7) is 2.16. The van der Waals surface area contributed by atoms with E-state index in [0.29, 0.717) is 6.54 Å². The molecule has 1 amide bonds. The maximum atomic E-state index is 12.1. The number of rotatable bonds is 4. The molecule has 21 heavy (non-hydrogen) atoms. The Bertz CT molecular complexity index is 589. The molecule has 0 spiro atoms. The second-order valence-electron chi connectivity index (χ2n) is 5.21. The van der Waals surface area contributed by atoms with Crippen LogP contribution in [0.1, 0.15) is 18.7 Å². The third-order valence-corrected chi connectivity index (χ3v) is 3.74. The number of piperidine rings is 1. The molecule has 1 saturated heterocycles. The molecule has 0 radical (unpaired) electrons. The first kappa shape index (κ1) is 13.8. The molecule has 2 heterocycles. The van der Waals surface area contributed by atoms with Crippen molar-refractivity contribution in [1.29, 1.82) is 0 Å². The van der Waals surface area contributed by atoms with Crippen LogP contribution in [0, 0.1) is 5.92 Å². The largest absolute Gasteiger partial charge is 0.349 e. The SMILES string of the molecule is O=C(NCc1nncn1-c1ccccc1)C1CCCNC1. The van der Waals surface area contributed by atoms with Gasteiger partial charge in [-0.15, -0.1) is 10.2 Å². The summed E-state index contributed by atoms with van der Waals surface area (Å²) in [5.41, 5.74) is 0.992. The first-order chi connectivity index (χ1) is 10.3. The second kappa shape index (κ2) is 6.49. The molecule has 0 bridgehead atoms. The van der Waals surface area contributed by atoms with Crippen molar-refractivity contribution >= 4 is 5.91 Å². The smallest absolute Gasteiger partial charge is 0.224 e. The summed E-state index contributed by atoms with van der Waals surface area (Å²) in [5, 5.41) is 14.2. The van der Waals surface area contributed by atoms with Crippen molar-refractivity contribution in [3.05, 3.63) is 42.5 Å². The van der Waals surface area contributed by atoms with Crippen molar-refractivity contribution < 1.29 is 4.79 Å². The maximum absolute atomic E-state index is 12.1. The van der Waals surface area contributed by atoms with Crippen molar-refractivity contribution in [2.45, 2.75) is 19.4 Å². The first-order valence-corrected chi connectivity index (χ1v) is 7.27. The van der Waals surface area contributed by atoms with E-state index in [-0.39, 0.29) is 11.8 Å². The summed E-state index contributed by atoms with van der Waals surface area (Å²) in [4.78, 5) is 12.1. The minimum atomic E-state index is 0.0619. The van der Waals surface area contributed by atoms with Crippen LogP contribution in [0.5, 0.6) is 0 Å². The van der Waals surface area contributed by atoms with Crippen LogP contribution in [0.15, 0.2) is 36.7 Å². The van der Waals surface area contributed by atoms with E-state index in [1.807, 2.05) is 34.9 Å². The van der Waals surface area contributed by atoms with E-state index in [1.54, 1.807) is 6.33 Å². The van der Waals surface area contributed by atoms with Gasteiger partial charge < -0.3 is 10.6 Å². The molecule has 1 fully saturated rings. The highest BCUT2D eigenvalue weighted by Gasteiger charge is 2.21. The van der Waals surface area contributed by atoms with Gasteiger partial charge in [0.2, 0.25) is 5.91 Å². The molecule has 1 aromatic heterocycles. The number of para-hydroxylation sites is 1. The fourth-order valence-corrected chi connectivity index (χ4v) is 2.57. The zero-order valence-corrected chi connectivity index (χ0v) is 11.8. The number of nitrogens with one attached hydrogen (secondary N) is 2. The predicted octanol–water partition coefficient (Wildman–Crippen LogP) is 0.883. The lowest BCUT2D eigenvalue weighted by Gasteiger charge is -2.21. The van der Waals surface area contributed by atoms with Gasteiger partial charge in [0.15, 0.2) is 5.82 Å². The molecule has 3 rings (SSSR count). The highest BCUT2D eigenvalue weighted by molar-refractivity contribution is 5.78. The third-order valence-electron chi connectivity index (χ3n) is 3.74. The molecule has 2 aromatic rings. The number of hydrogen-bond donors (Lipinski definition) is 2. The highest BCUT2D eigenvalue weighted by Crippen LogP contribution is 2.11. The lowest BCUT2D eigenvalue weighted by molar-refractivity contribution is -0.125. The summed E-state index contributed by atoms with van der Waals surface area (Å²) >= 11 is 0. The Kier molecular flexibility index (Phi) is 4.25. The minimum absolute atomic E-state index is 0.0619. The summed E-state index contributed by atoms with van der Waals surface area (Å²) in [6, 6.07) is 9.86. The van der Waals surface area contributed by atoms with Crippen LogP contribution in [0.3, 0.4) is 0 Å². The minimum Gasteiger partial charge on any atom is -0.349 e. The molecule has 1 atom stereocenters. The average Bonchev–Trinajstić information content (AvgIpc) is 3.03. The Morgan fingerprint density at radius 1 is 1.38 bits per heavy atom. The average molecular weight is 285 g/mol. The molecule has 0 saturated carbocycles. The molecule has 0 aliphatic carbocycles. The van der Waals surface area contributed by atoms with Gasteiger partial charge in [-0.05, 0) is 31.5 Å². The maximum Gasteiger partial charge on any atom is 0.224 e. The third kappa shape index (κ3) is 3.28. The fraction of sp³-hybridized carbons (Fsp3) is 0.400. The molecule has 1 aliphatic rings. The predicted molar refractivity (Wildman–Crippen MR) is 78.8 cm³/mol. The number of nitrogens with zero attached hydrogens (tertiary/aromatic N) is 3. The van der Waals surface area contributed by atoms with Crippen molar-refractivity contribution in [2.24, 2.45) is 5.92 Å². The van der Waals surface area contributed by atoms with Crippen molar-refractivity contribution in [1.82, 2.24) is 25.4 Å². The summed E-state index contributed by atoms with van der Waals surface area (Å²) < 4.78 is 1.89. The summed E-state index contributed by atoms with van der Waals surface area (Å²) in [6.07, 6.45) is 3.67. The highest BCUT2D eigenvalue weighted by atomic mass is 16.1. The van der Waals surface area contributed by atoms with Gasteiger partial charge in [-0.3, -0.25) is 9.36 Å².